The molecule has 21 heavy (non-hydrogen) atoms. The number of benzene rings is 2. The first-order valence-electron chi connectivity index (χ1n) is 6.03. The summed E-state index contributed by atoms with van der Waals surface area (Å²) in [5, 5.41) is 10.8. The Kier molecular flexibility index (Phi) is 4.03. The number of anilines is 1. The van der Waals surface area contributed by atoms with E-state index >= 15 is 0 Å². The van der Waals surface area contributed by atoms with Gasteiger partial charge in [0.25, 0.3) is 11.6 Å². The maximum absolute atomic E-state index is 11.3. The number of carbonyl (C=O) groups is 1. The van der Waals surface area contributed by atoms with Crippen LogP contribution in [-0.4, -0.2) is 10.8 Å². The van der Waals surface area contributed by atoms with Crippen LogP contribution in [0.25, 0.3) is 0 Å². The maximum atomic E-state index is 11.3. The Bertz CT molecular complexity index is 700. The summed E-state index contributed by atoms with van der Waals surface area (Å²) in [5.74, 6) is -0.279. The zero-order valence-electron chi connectivity index (χ0n) is 11.0. The molecule has 7 heteroatoms. The molecule has 4 N–H and O–H groups in total. The number of hydrogen-bond acceptors (Lipinski definition) is 5. The smallest absolute Gasteiger partial charge is 0.292 e. The van der Waals surface area contributed by atoms with Crippen LogP contribution in [0.15, 0.2) is 42.5 Å². The first kappa shape index (κ1) is 14.3. The Labute approximate surface area is 120 Å². The predicted molar refractivity (Wildman–Crippen MR) is 76.8 cm³/mol. The van der Waals surface area contributed by atoms with Crippen molar-refractivity contribution in [3.05, 3.63) is 63.7 Å². The van der Waals surface area contributed by atoms with E-state index in [-0.39, 0.29) is 23.5 Å². The third-order valence-electron chi connectivity index (χ3n) is 2.84. The van der Waals surface area contributed by atoms with Crippen molar-refractivity contribution >= 4 is 17.3 Å². The van der Waals surface area contributed by atoms with Gasteiger partial charge in [0.1, 0.15) is 18.0 Å². The number of nitrogens with zero attached hydrogens (tertiary/aromatic N) is 1. The summed E-state index contributed by atoms with van der Waals surface area (Å²) in [7, 11) is 0. The standard InChI is InChI=1S/C14H13N3O4/c15-11-6-5-9(7-12(11)17(19)20)8-21-13-4-2-1-3-10(13)14(16)18/h1-7H,8,15H2,(H2,16,18). The van der Waals surface area contributed by atoms with Crippen molar-refractivity contribution in [1.29, 1.82) is 0 Å². The van der Waals surface area contributed by atoms with Gasteiger partial charge in [-0.3, -0.25) is 14.9 Å². The lowest BCUT2D eigenvalue weighted by Crippen LogP contribution is -2.13. The highest BCUT2D eigenvalue weighted by Crippen LogP contribution is 2.24. The second kappa shape index (κ2) is 5.91. The molecular weight excluding hydrogens is 274 g/mol. The summed E-state index contributed by atoms with van der Waals surface area (Å²) < 4.78 is 5.49. The second-order valence-electron chi connectivity index (χ2n) is 4.30. The van der Waals surface area contributed by atoms with Gasteiger partial charge in [0.05, 0.1) is 10.5 Å². The van der Waals surface area contributed by atoms with Gasteiger partial charge in [-0.15, -0.1) is 0 Å². The molecule has 0 aliphatic rings. The Morgan fingerprint density at radius 1 is 1.24 bits per heavy atom. The first-order valence-corrected chi connectivity index (χ1v) is 6.03. The summed E-state index contributed by atoms with van der Waals surface area (Å²) >= 11 is 0. The molecule has 0 aliphatic carbocycles. The molecule has 0 unspecified atom stereocenters. The van der Waals surface area contributed by atoms with Crippen molar-refractivity contribution in [3.8, 4) is 5.75 Å². The van der Waals surface area contributed by atoms with Gasteiger partial charge >= 0.3 is 0 Å². The highest BCUT2D eigenvalue weighted by molar-refractivity contribution is 5.95. The fourth-order valence-electron chi connectivity index (χ4n) is 1.79. The number of amides is 1. The van der Waals surface area contributed by atoms with E-state index in [0.29, 0.717) is 11.3 Å². The highest BCUT2D eigenvalue weighted by Gasteiger charge is 2.13. The van der Waals surface area contributed by atoms with Gasteiger partial charge < -0.3 is 16.2 Å². The molecule has 1 amide bonds. The van der Waals surface area contributed by atoms with E-state index in [9.17, 15) is 14.9 Å². The monoisotopic (exact) mass is 287 g/mol. The molecule has 2 rings (SSSR count). The van der Waals surface area contributed by atoms with Gasteiger partial charge in [0, 0.05) is 6.07 Å². The molecule has 0 fully saturated rings. The quantitative estimate of drug-likeness (QED) is 0.493. The van der Waals surface area contributed by atoms with Gasteiger partial charge in [-0.05, 0) is 23.8 Å². The number of para-hydroxylation sites is 1. The summed E-state index contributed by atoms with van der Waals surface area (Å²) in [4.78, 5) is 21.5. The van der Waals surface area contributed by atoms with Gasteiger partial charge in [0.15, 0.2) is 0 Å². The molecule has 2 aromatic rings. The number of nitrogen functional groups attached to an aromatic ring is 1. The number of nitro groups is 1. The zero-order valence-corrected chi connectivity index (χ0v) is 11.0. The molecule has 0 atom stereocenters. The van der Waals surface area contributed by atoms with E-state index in [2.05, 4.69) is 0 Å². The average molecular weight is 287 g/mol. The third kappa shape index (κ3) is 3.27. The fraction of sp³-hybridized carbons (Fsp3) is 0.0714. The van der Waals surface area contributed by atoms with Gasteiger partial charge in [-0.2, -0.15) is 0 Å². The van der Waals surface area contributed by atoms with Crippen molar-refractivity contribution in [2.24, 2.45) is 5.73 Å². The number of rotatable bonds is 5. The molecule has 0 heterocycles. The molecule has 0 aliphatic heterocycles. The molecule has 0 bridgehead atoms. The molecule has 0 radical (unpaired) electrons. The molecule has 0 aromatic heterocycles. The van der Waals surface area contributed by atoms with Gasteiger partial charge in [-0.25, -0.2) is 0 Å². The SMILES string of the molecule is NC(=O)c1ccccc1OCc1ccc(N)c([N+](=O)[O-])c1. The topological polar surface area (TPSA) is 121 Å². The lowest BCUT2D eigenvalue weighted by Gasteiger charge is -2.09. The van der Waals surface area contributed by atoms with E-state index in [1.807, 2.05) is 0 Å². The van der Waals surface area contributed by atoms with E-state index < -0.39 is 10.8 Å². The van der Waals surface area contributed by atoms with Crippen molar-refractivity contribution in [2.75, 3.05) is 5.73 Å². The van der Waals surface area contributed by atoms with E-state index in [1.54, 1.807) is 30.3 Å². The van der Waals surface area contributed by atoms with Crippen LogP contribution in [-0.2, 0) is 6.61 Å². The number of carbonyl (C=O) groups excluding carboxylic acids is 1. The normalized spacial score (nSPS) is 10.1. The van der Waals surface area contributed by atoms with Crippen molar-refractivity contribution in [3.63, 3.8) is 0 Å². The minimum atomic E-state index is -0.603. The third-order valence-corrected chi connectivity index (χ3v) is 2.84. The largest absolute Gasteiger partial charge is 0.488 e. The lowest BCUT2D eigenvalue weighted by atomic mass is 10.1. The Morgan fingerprint density at radius 2 is 1.95 bits per heavy atom. The van der Waals surface area contributed by atoms with Crippen LogP contribution in [0.2, 0.25) is 0 Å². The minimum Gasteiger partial charge on any atom is -0.488 e. The molecule has 108 valence electrons. The number of primary amides is 1. The molecule has 0 saturated heterocycles. The van der Waals surface area contributed by atoms with Crippen LogP contribution in [0.4, 0.5) is 11.4 Å². The zero-order chi connectivity index (χ0) is 15.4. The summed E-state index contributed by atoms with van der Waals surface area (Å²) in [5.41, 5.74) is 11.5. The van der Waals surface area contributed by atoms with Crippen LogP contribution in [0.3, 0.4) is 0 Å². The second-order valence-corrected chi connectivity index (χ2v) is 4.30. The van der Waals surface area contributed by atoms with Crippen molar-refractivity contribution < 1.29 is 14.5 Å². The van der Waals surface area contributed by atoms with Crippen LogP contribution < -0.4 is 16.2 Å². The van der Waals surface area contributed by atoms with Crippen molar-refractivity contribution in [1.82, 2.24) is 0 Å². The Hall–Kier alpha value is -3.09. The molecule has 0 spiro atoms. The van der Waals surface area contributed by atoms with E-state index in [0.717, 1.165) is 0 Å². The van der Waals surface area contributed by atoms with Crippen LogP contribution in [0.1, 0.15) is 15.9 Å². The van der Waals surface area contributed by atoms with Gasteiger partial charge in [0.2, 0.25) is 0 Å². The van der Waals surface area contributed by atoms with E-state index in [1.165, 1.54) is 12.1 Å². The maximum Gasteiger partial charge on any atom is 0.292 e. The van der Waals surface area contributed by atoms with Crippen molar-refractivity contribution in [2.45, 2.75) is 6.61 Å². The number of ether oxygens (including phenoxy) is 1. The molecule has 2 aromatic carbocycles. The molecule has 0 saturated carbocycles. The number of nitrogens with two attached hydrogens (primary N) is 2. The molecular formula is C14H13N3O4. The summed E-state index contributed by atoms with van der Waals surface area (Å²) in [6.07, 6.45) is 0. The predicted octanol–water partition coefficient (Wildman–Crippen LogP) is 1.85. The van der Waals surface area contributed by atoms with E-state index in [4.69, 9.17) is 16.2 Å². The van der Waals surface area contributed by atoms with Crippen LogP contribution in [0, 0.1) is 10.1 Å². The number of nitro benzene ring substituents is 1. The Balaban J connectivity index is 2.19. The highest BCUT2D eigenvalue weighted by atomic mass is 16.6. The summed E-state index contributed by atoms with van der Waals surface area (Å²) in [6.45, 7) is 0.0609. The molecule has 7 nitrogen and oxygen atoms in total. The summed E-state index contributed by atoms with van der Waals surface area (Å²) in [6, 6.07) is 10.9. The average Bonchev–Trinajstić information content (AvgIpc) is 2.46. The van der Waals surface area contributed by atoms with Crippen LogP contribution in [0.5, 0.6) is 5.75 Å². The lowest BCUT2D eigenvalue weighted by molar-refractivity contribution is -0.384. The minimum absolute atomic E-state index is 0.0609. The number of hydrogen-bond donors (Lipinski definition) is 2. The van der Waals surface area contributed by atoms with Crippen LogP contribution >= 0.6 is 0 Å². The first-order chi connectivity index (χ1) is 9.99. The fourth-order valence-corrected chi connectivity index (χ4v) is 1.79. The Morgan fingerprint density at radius 3 is 2.62 bits per heavy atom. The van der Waals surface area contributed by atoms with Gasteiger partial charge in [-0.1, -0.05) is 18.2 Å².